The monoisotopic (exact) mass is 277 g/mol. The molecule has 1 N–H and O–H groups in total. The minimum Gasteiger partial charge on any atom is -0.478 e. The Hall–Kier alpha value is -2.58. The van der Waals surface area contributed by atoms with E-state index < -0.39 is 40.3 Å². The molecule has 1 aromatic rings. The number of nitrogens with zero attached hydrogens (tertiary/aromatic N) is 1. The molecule has 0 bridgehead atoms. The molecule has 0 aliphatic rings. The van der Waals surface area contributed by atoms with Gasteiger partial charge in [0.05, 0.1) is 10.5 Å². The van der Waals surface area contributed by atoms with Crippen molar-refractivity contribution in [3.8, 4) is 5.75 Å². The second kappa shape index (κ2) is 5.85. The Kier molecular flexibility index (Phi) is 4.46. The van der Waals surface area contributed by atoms with Crippen LogP contribution in [0.15, 0.2) is 18.2 Å². The second-order valence-corrected chi connectivity index (χ2v) is 3.12. The Labute approximate surface area is 103 Å². The lowest BCUT2D eigenvalue weighted by Crippen LogP contribution is -2.07. The number of ether oxygens (including phenoxy) is 1. The van der Waals surface area contributed by atoms with Crippen LogP contribution in [-0.2, 0) is 4.79 Å². The predicted molar refractivity (Wildman–Crippen MR) is 56.4 cm³/mol. The number of hydrogen-bond acceptors (Lipinski definition) is 4. The molecule has 0 spiro atoms. The van der Waals surface area contributed by atoms with Crippen molar-refractivity contribution in [2.24, 2.45) is 0 Å². The van der Waals surface area contributed by atoms with Crippen molar-refractivity contribution in [1.29, 1.82) is 0 Å². The van der Waals surface area contributed by atoms with Crippen molar-refractivity contribution in [3.05, 3.63) is 39.7 Å². The van der Waals surface area contributed by atoms with Gasteiger partial charge in [-0.15, -0.1) is 0 Å². The number of benzene rings is 1. The Morgan fingerprint density at radius 1 is 1.47 bits per heavy atom. The van der Waals surface area contributed by atoms with Crippen LogP contribution in [0.1, 0.15) is 5.56 Å². The molecule has 1 aromatic carbocycles. The summed E-state index contributed by atoms with van der Waals surface area (Å²) >= 11 is 0. The summed E-state index contributed by atoms with van der Waals surface area (Å²) in [5.74, 6) is -3.83. The fourth-order valence-corrected chi connectivity index (χ4v) is 1.25. The highest BCUT2D eigenvalue weighted by Crippen LogP contribution is 2.33. The molecular formula is C10H6F3NO5. The van der Waals surface area contributed by atoms with Gasteiger partial charge in [0.15, 0.2) is 11.6 Å². The Bertz CT molecular complexity index is 544. The molecule has 0 radical (unpaired) electrons. The number of aliphatic carboxylic acids is 1. The first-order valence-electron chi connectivity index (χ1n) is 4.65. The number of alkyl halides is 2. The van der Waals surface area contributed by atoms with E-state index in [2.05, 4.69) is 4.74 Å². The van der Waals surface area contributed by atoms with Crippen LogP contribution in [0.3, 0.4) is 0 Å². The minimum atomic E-state index is -3.41. The topological polar surface area (TPSA) is 89.7 Å². The quantitative estimate of drug-likeness (QED) is 0.507. The van der Waals surface area contributed by atoms with Crippen molar-refractivity contribution in [1.82, 2.24) is 0 Å². The Morgan fingerprint density at radius 2 is 2.11 bits per heavy atom. The number of nitro benzene ring substituents is 1. The highest BCUT2D eigenvalue weighted by molar-refractivity contribution is 5.87. The maximum Gasteiger partial charge on any atom is 0.387 e. The summed E-state index contributed by atoms with van der Waals surface area (Å²) in [6, 6.07) is 1.29. The van der Waals surface area contributed by atoms with E-state index in [0.29, 0.717) is 18.2 Å². The van der Waals surface area contributed by atoms with Gasteiger partial charge in [-0.1, -0.05) is 0 Å². The van der Waals surface area contributed by atoms with Crippen molar-refractivity contribution in [2.75, 3.05) is 0 Å². The predicted octanol–water partition coefficient (Wildman–Crippen LogP) is 2.43. The number of carbonyl (C=O) groups is 1. The third-order valence-corrected chi connectivity index (χ3v) is 1.92. The summed E-state index contributed by atoms with van der Waals surface area (Å²) in [5, 5.41) is 19.1. The van der Waals surface area contributed by atoms with E-state index in [-0.39, 0.29) is 0 Å². The second-order valence-electron chi connectivity index (χ2n) is 3.12. The number of halogens is 3. The molecule has 0 aliphatic carbocycles. The zero-order chi connectivity index (χ0) is 14.6. The summed E-state index contributed by atoms with van der Waals surface area (Å²) in [7, 11) is 0. The summed E-state index contributed by atoms with van der Waals surface area (Å²) in [5.41, 5.74) is -1.44. The van der Waals surface area contributed by atoms with Gasteiger partial charge in [-0.3, -0.25) is 10.1 Å². The maximum absolute atomic E-state index is 13.3. The average molecular weight is 277 g/mol. The van der Waals surface area contributed by atoms with Crippen molar-refractivity contribution >= 4 is 17.7 Å². The fraction of sp³-hybridized carbons (Fsp3) is 0.100. The van der Waals surface area contributed by atoms with Gasteiger partial charge >= 0.3 is 12.6 Å². The van der Waals surface area contributed by atoms with Crippen molar-refractivity contribution in [3.63, 3.8) is 0 Å². The molecule has 0 amide bonds. The zero-order valence-electron chi connectivity index (χ0n) is 9.05. The summed E-state index contributed by atoms with van der Waals surface area (Å²) < 4.78 is 41.4. The van der Waals surface area contributed by atoms with E-state index in [1.54, 1.807) is 0 Å². The number of carboxylic acid groups (broad SMARTS) is 1. The molecule has 0 saturated heterocycles. The molecule has 0 atom stereocenters. The van der Waals surface area contributed by atoms with Gasteiger partial charge in [0, 0.05) is 12.1 Å². The largest absolute Gasteiger partial charge is 0.478 e. The van der Waals surface area contributed by atoms with Crippen LogP contribution in [-0.4, -0.2) is 22.6 Å². The van der Waals surface area contributed by atoms with Crippen LogP contribution < -0.4 is 4.74 Å². The normalized spacial score (nSPS) is 10.9. The SMILES string of the molecule is O=C(O)/C=C/c1c([N+](=O)[O-])ccc(F)c1OC(F)F. The molecule has 19 heavy (non-hydrogen) atoms. The number of carboxylic acids is 1. The van der Waals surface area contributed by atoms with Gasteiger partial charge in [0.1, 0.15) is 0 Å². The van der Waals surface area contributed by atoms with E-state index in [1.807, 2.05) is 0 Å². The first kappa shape index (κ1) is 14.5. The molecule has 0 heterocycles. The lowest BCUT2D eigenvalue weighted by molar-refractivity contribution is -0.385. The standard InChI is InChI=1S/C10H6F3NO5/c11-6-2-3-7(14(17)18)5(1-4-8(15)16)9(6)19-10(12)13/h1-4,10H,(H,15,16)/b4-1+. The number of hydrogen-bond donors (Lipinski definition) is 1. The van der Waals surface area contributed by atoms with Gasteiger partial charge in [0.25, 0.3) is 5.69 Å². The molecule has 0 aromatic heterocycles. The highest BCUT2D eigenvalue weighted by Gasteiger charge is 2.23. The third-order valence-electron chi connectivity index (χ3n) is 1.92. The molecule has 0 aliphatic heterocycles. The van der Waals surface area contributed by atoms with Crippen molar-refractivity contribution in [2.45, 2.75) is 6.61 Å². The van der Waals surface area contributed by atoms with E-state index in [1.165, 1.54) is 0 Å². The molecule has 6 nitrogen and oxygen atoms in total. The van der Waals surface area contributed by atoms with Crippen LogP contribution in [0.5, 0.6) is 5.75 Å². The zero-order valence-corrected chi connectivity index (χ0v) is 9.05. The first-order chi connectivity index (χ1) is 8.82. The number of nitro groups is 1. The number of rotatable bonds is 5. The molecule has 102 valence electrons. The third kappa shape index (κ3) is 3.69. The molecule has 9 heteroatoms. The molecule has 0 fully saturated rings. The fourth-order valence-electron chi connectivity index (χ4n) is 1.25. The lowest BCUT2D eigenvalue weighted by Gasteiger charge is -2.09. The van der Waals surface area contributed by atoms with E-state index in [9.17, 15) is 28.1 Å². The van der Waals surface area contributed by atoms with Crippen LogP contribution >= 0.6 is 0 Å². The lowest BCUT2D eigenvalue weighted by atomic mass is 10.1. The highest BCUT2D eigenvalue weighted by atomic mass is 19.3. The average Bonchev–Trinajstić information content (AvgIpc) is 2.28. The minimum absolute atomic E-state index is 0.445. The van der Waals surface area contributed by atoms with Gasteiger partial charge in [-0.05, 0) is 12.1 Å². The Morgan fingerprint density at radius 3 is 2.58 bits per heavy atom. The van der Waals surface area contributed by atoms with E-state index >= 15 is 0 Å². The molecule has 0 unspecified atom stereocenters. The Balaban J connectivity index is 3.44. The van der Waals surface area contributed by atoms with Gasteiger partial charge in [-0.25, -0.2) is 9.18 Å². The molecule has 1 rings (SSSR count). The van der Waals surface area contributed by atoms with E-state index in [4.69, 9.17) is 5.11 Å². The van der Waals surface area contributed by atoms with Crippen molar-refractivity contribution < 1.29 is 32.7 Å². The van der Waals surface area contributed by atoms with Gasteiger partial charge < -0.3 is 9.84 Å². The first-order valence-corrected chi connectivity index (χ1v) is 4.65. The smallest absolute Gasteiger partial charge is 0.387 e. The van der Waals surface area contributed by atoms with Crippen LogP contribution in [0.2, 0.25) is 0 Å². The molecular weight excluding hydrogens is 271 g/mol. The van der Waals surface area contributed by atoms with Gasteiger partial charge in [-0.2, -0.15) is 8.78 Å². The summed E-state index contributed by atoms with van der Waals surface area (Å²) in [4.78, 5) is 20.0. The van der Waals surface area contributed by atoms with Crippen LogP contribution in [0.4, 0.5) is 18.9 Å². The van der Waals surface area contributed by atoms with E-state index in [0.717, 1.165) is 6.07 Å². The summed E-state index contributed by atoms with van der Waals surface area (Å²) in [6.45, 7) is -3.41. The van der Waals surface area contributed by atoms with Crippen LogP contribution in [0.25, 0.3) is 6.08 Å². The molecule has 0 saturated carbocycles. The van der Waals surface area contributed by atoms with Crippen LogP contribution in [0, 0.1) is 15.9 Å². The summed E-state index contributed by atoms with van der Waals surface area (Å²) in [6.07, 6.45) is 1.06. The maximum atomic E-state index is 13.3. The van der Waals surface area contributed by atoms with Gasteiger partial charge in [0.2, 0.25) is 0 Å².